The summed E-state index contributed by atoms with van der Waals surface area (Å²) in [6, 6.07) is 0. The Labute approximate surface area is 95.9 Å². The van der Waals surface area contributed by atoms with Gasteiger partial charge >= 0.3 is 43.5 Å². The summed E-state index contributed by atoms with van der Waals surface area (Å²) < 4.78 is 8.88. The molecule has 11 heavy (non-hydrogen) atoms. The smallest absolute Gasteiger partial charge is 1.00 e. The molecule has 0 bridgehead atoms. The van der Waals surface area contributed by atoms with E-state index in [1.54, 1.807) is 0 Å². The van der Waals surface area contributed by atoms with Crippen LogP contribution in [-0.4, -0.2) is 31.0 Å². The maximum Gasteiger partial charge on any atom is 1.00 e. The minimum absolute atomic E-state index is 0. The number of hydrogen-bond acceptors (Lipinski definition) is 2. The maximum absolute atomic E-state index is 8.88. The molecule has 0 heterocycles. The van der Waals surface area contributed by atoms with E-state index in [2.05, 4.69) is 0 Å². The third-order valence-electron chi connectivity index (χ3n) is 0. The SMILES string of the molecule is O=C(O)O.O=P(O)(O)O.[H-].[Mn].[Na+]. The minimum atomic E-state index is -4.64. The summed E-state index contributed by atoms with van der Waals surface area (Å²) >= 11 is 0. The molecule has 0 aliphatic heterocycles. The van der Waals surface area contributed by atoms with Crippen LogP contribution in [0, 0.1) is 0 Å². The van der Waals surface area contributed by atoms with Crippen molar-refractivity contribution in [3.63, 3.8) is 0 Å². The second-order valence-electron chi connectivity index (χ2n) is 0.796. The van der Waals surface area contributed by atoms with Gasteiger partial charge in [0.05, 0.1) is 0 Å². The Balaban J connectivity index is -0.0000000221. The zero-order valence-corrected chi connectivity index (χ0v) is 9.45. The fourth-order valence-electron chi connectivity index (χ4n) is 0. The Morgan fingerprint density at radius 1 is 1.18 bits per heavy atom. The van der Waals surface area contributed by atoms with Crippen LogP contribution in [0.2, 0.25) is 0 Å². The van der Waals surface area contributed by atoms with Crippen LogP contribution in [0.3, 0.4) is 0 Å². The first-order valence-electron chi connectivity index (χ1n) is 1.43. The van der Waals surface area contributed by atoms with Crippen LogP contribution in [0.15, 0.2) is 0 Å². The monoisotopic (exact) mass is 239 g/mol. The Morgan fingerprint density at radius 2 is 1.18 bits per heavy atom. The van der Waals surface area contributed by atoms with Gasteiger partial charge in [0.2, 0.25) is 0 Å². The molecule has 0 aliphatic rings. The van der Waals surface area contributed by atoms with Crippen LogP contribution in [-0.2, 0) is 21.6 Å². The van der Waals surface area contributed by atoms with E-state index in [1.807, 2.05) is 0 Å². The normalized spacial score (nSPS) is 7.55. The molecular formula is CH6MnNaO7P. The molecule has 5 N–H and O–H groups in total. The summed E-state index contributed by atoms with van der Waals surface area (Å²) in [6.45, 7) is 0. The van der Waals surface area contributed by atoms with Gasteiger partial charge in [0, 0.05) is 17.1 Å². The predicted molar refractivity (Wildman–Crippen MR) is 26.0 cm³/mol. The Hall–Kier alpha value is 0.899. The maximum atomic E-state index is 8.88. The third-order valence-corrected chi connectivity index (χ3v) is 0. The largest absolute Gasteiger partial charge is 1.00 e. The molecule has 0 aromatic carbocycles. The molecule has 0 atom stereocenters. The summed E-state index contributed by atoms with van der Waals surface area (Å²) in [6.07, 6.45) is -1.83. The van der Waals surface area contributed by atoms with Crippen LogP contribution in [0.5, 0.6) is 0 Å². The molecular weight excluding hydrogens is 233 g/mol. The second kappa shape index (κ2) is 10.9. The minimum Gasteiger partial charge on any atom is -1.00 e. The van der Waals surface area contributed by atoms with Crippen molar-refractivity contribution in [2.45, 2.75) is 0 Å². The van der Waals surface area contributed by atoms with Crippen LogP contribution in [0.4, 0.5) is 4.79 Å². The number of hydrogen-bond donors (Lipinski definition) is 5. The first-order chi connectivity index (χ1) is 3.73. The Bertz CT molecular complexity index is 123. The molecule has 0 aromatic heterocycles. The van der Waals surface area contributed by atoms with Gasteiger partial charge in [-0.1, -0.05) is 0 Å². The molecule has 0 saturated heterocycles. The molecule has 0 aromatic rings. The zero-order valence-electron chi connectivity index (χ0n) is 6.38. The van der Waals surface area contributed by atoms with Gasteiger partial charge in [-0.2, -0.15) is 0 Å². The topological polar surface area (TPSA) is 135 Å². The van der Waals surface area contributed by atoms with Crippen LogP contribution in [0.25, 0.3) is 0 Å². The van der Waals surface area contributed by atoms with Crippen molar-refractivity contribution >= 4 is 14.0 Å². The molecule has 7 nitrogen and oxygen atoms in total. The summed E-state index contributed by atoms with van der Waals surface area (Å²) in [7, 11) is -4.64. The molecule has 0 saturated carbocycles. The van der Waals surface area contributed by atoms with E-state index in [4.69, 9.17) is 34.3 Å². The van der Waals surface area contributed by atoms with Crippen LogP contribution in [0.1, 0.15) is 1.43 Å². The zero-order chi connectivity index (χ0) is 8.08. The molecule has 0 rings (SSSR count). The summed E-state index contributed by atoms with van der Waals surface area (Å²) in [5.74, 6) is 0. The van der Waals surface area contributed by atoms with E-state index in [1.165, 1.54) is 0 Å². The number of carboxylic acid groups (broad SMARTS) is 2. The molecule has 10 heteroatoms. The van der Waals surface area contributed by atoms with Gasteiger partial charge in [0.25, 0.3) is 0 Å². The quantitative estimate of drug-likeness (QED) is 0.217. The van der Waals surface area contributed by atoms with Crippen LogP contribution >= 0.6 is 7.82 Å². The van der Waals surface area contributed by atoms with E-state index < -0.39 is 14.0 Å². The third kappa shape index (κ3) is 1070. The molecule has 0 fully saturated rings. The fraction of sp³-hybridized carbons (Fsp3) is 0. The molecule has 0 aliphatic carbocycles. The van der Waals surface area contributed by atoms with Crippen molar-refractivity contribution in [1.82, 2.24) is 0 Å². The van der Waals surface area contributed by atoms with Gasteiger partial charge in [-0.3, -0.25) is 0 Å². The van der Waals surface area contributed by atoms with Gasteiger partial charge < -0.3 is 26.3 Å². The van der Waals surface area contributed by atoms with Gasteiger partial charge in [-0.05, 0) is 0 Å². The van der Waals surface area contributed by atoms with E-state index in [0.29, 0.717) is 0 Å². The van der Waals surface area contributed by atoms with Crippen molar-refractivity contribution in [2.24, 2.45) is 0 Å². The first-order valence-corrected chi connectivity index (χ1v) is 3.00. The molecule has 0 unspecified atom stereocenters. The number of rotatable bonds is 0. The van der Waals surface area contributed by atoms with Gasteiger partial charge in [-0.15, -0.1) is 0 Å². The summed E-state index contributed by atoms with van der Waals surface area (Å²) in [5.41, 5.74) is 0. The summed E-state index contributed by atoms with van der Waals surface area (Å²) in [4.78, 5) is 30.1. The molecule has 0 spiro atoms. The van der Waals surface area contributed by atoms with E-state index in [-0.39, 0.29) is 48.1 Å². The Morgan fingerprint density at radius 3 is 1.18 bits per heavy atom. The summed E-state index contributed by atoms with van der Waals surface area (Å²) in [5, 5.41) is 13.9. The molecule has 1 radical (unpaired) electrons. The van der Waals surface area contributed by atoms with Crippen molar-refractivity contribution in [1.29, 1.82) is 0 Å². The van der Waals surface area contributed by atoms with Gasteiger partial charge in [0.1, 0.15) is 0 Å². The average Bonchev–Trinajstić information content (AvgIpc) is 1.19. The first kappa shape index (κ1) is 22.7. The fourth-order valence-corrected chi connectivity index (χ4v) is 0. The van der Waals surface area contributed by atoms with Crippen molar-refractivity contribution in [2.75, 3.05) is 0 Å². The predicted octanol–water partition coefficient (Wildman–Crippen LogP) is -3.59. The average molecular weight is 239 g/mol. The second-order valence-corrected chi connectivity index (χ2v) is 1.82. The van der Waals surface area contributed by atoms with E-state index >= 15 is 0 Å². The van der Waals surface area contributed by atoms with Gasteiger partial charge in [0.15, 0.2) is 0 Å². The van der Waals surface area contributed by atoms with Crippen molar-refractivity contribution in [3.05, 3.63) is 0 Å². The van der Waals surface area contributed by atoms with E-state index in [9.17, 15) is 0 Å². The van der Waals surface area contributed by atoms with E-state index in [0.717, 1.165) is 0 Å². The standard InChI is InChI=1S/CH2O3.Mn.Na.H3O4P.H/c2-1(3)4;;;1-5(2,3)4;/h(H2,2,3,4);;;(H3,1,2,3,4);/q;;+1;;-1. The molecule has 0 amide bonds. The van der Waals surface area contributed by atoms with Crippen molar-refractivity contribution < 1.29 is 82.3 Å². The van der Waals surface area contributed by atoms with Gasteiger partial charge in [-0.25, -0.2) is 9.36 Å². The van der Waals surface area contributed by atoms with Crippen molar-refractivity contribution in [3.8, 4) is 0 Å². The number of phosphoric acid groups is 1. The van der Waals surface area contributed by atoms with Crippen LogP contribution < -0.4 is 29.6 Å². The molecule has 65 valence electrons. The Kier molecular flexibility index (Phi) is 22.4. The number of carbonyl (C=O) groups is 1.